The number of nitrogens with zero attached hydrogens (tertiary/aromatic N) is 1. The number of likely N-dealkylation sites (tertiary alicyclic amines) is 1. The molecule has 22 heavy (non-hydrogen) atoms. The number of hydrogen-bond donors (Lipinski definition) is 1. The maximum Gasteiger partial charge on any atom is 0.238 e. The predicted octanol–water partition coefficient (Wildman–Crippen LogP) is 1.74. The molecular formula is C15H18F2N2O3. The summed E-state index contributed by atoms with van der Waals surface area (Å²) in [5, 5.41) is 2.40. The molecule has 0 aromatic heterocycles. The van der Waals surface area contributed by atoms with Gasteiger partial charge in [0.25, 0.3) is 0 Å². The van der Waals surface area contributed by atoms with Gasteiger partial charge in [0, 0.05) is 32.0 Å². The summed E-state index contributed by atoms with van der Waals surface area (Å²) in [6.45, 7) is 2.68. The zero-order valence-electron chi connectivity index (χ0n) is 12.1. The molecule has 120 valence electrons. The summed E-state index contributed by atoms with van der Waals surface area (Å²) in [4.78, 5) is 13.9. The van der Waals surface area contributed by atoms with Crippen LogP contribution in [0.5, 0.6) is 0 Å². The van der Waals surface area contributed by atoms with E-state index in [0.29, 0.717) is 39.1 Å². The molecule has 1 aromatic rings. The van der Waals surface area contributed by atoms with Gasteiger partial charge in [0.2, 0.25) is 5.91 Å². The third kappa shape index (κ3) is 3.43. The molecule has 7 heteroatoms. The van der Waals surface area contributed by atoms with Crippen LogP contribution in [0.1, 0.15) is 12.8 Å². The molecule has 0 unspecified atom stereocenters. The van der Waals surface area contributed by atoms with Gasteiger partial charge >= 0.3 is 0 Å². The van der Waals surface area contributed by atoms with E-state index >= 15 is 0 Å². The number of amides is 1. The Hall–Kier alpha value is -1.57. The molecule has 2 aliphatic rings. The Morgan fingerprint density at radius 1 is 1.23 bits per heavy atom. The molecule has 2 saturated heterocycles. The van der Waals surface area contributed by atoms with E-state index < -0.39 is 17.4 Å². The molecule has 2 aliphatic heterocycles. The van der Waals surface area contributed by atoms with E-state index in [4.69, 9.17) is 9.47 Å². The van der Waals surface area contributed by atoms with Gasteiger partial charge in [0.05, 0.1) is 25.4 Å². The minimum absolute atomic E-state index is 0.131. The lowest BCUT2D eigenvalue weighted by atomic mass is 10.0. The van der Waals surface area contributed by atoms with Crippen LogP contribution < -0.4 is 5.32 Å². The number of hydrogen-bond acceptors (Lipinski definition) is 4. The Balaban J connectivity index is 1.51. The van der Waals surface area contributed by atoms with Crippen molar-refractivity contribution in [2.75, 3.05) is 38.2 Å². The molecule has 0 radical (unpaired) electrons. The Bertz CT molecular complexity index is 552. The highest BCUT2D eigenvalue weighted by Crippen LogP contribution is 2.31. The summed E-state index contributed by atoms with van der Waals surface area (Å²) in [6, 6.07) is 2.97. The van der Waals surface area contributed by atoms with Gasteiger partial charge in [-0.05, 0) is 12.1 Å². The molecule has 1 N–H and O–H groups in total. The lowest BCUT2D eigenvalue weighted by molar-refractivity contribution is -0.185. The van der Waals surface area contributed by atoms with Gasteiger partial charge in [-0.25, -0.2) is 8.78 Å². The average Bonchev–Trinajstić information content (AvgIpc) is 2.94. The topological polar surface area (TPSA) is 50.8 Å². The molecule has 0 saturated carbocycles. The maximum atomic E-state index is 13.5. The Kier molecular flexibility index (Phi) is 4.37. The van der Waals surface area contributed by atoms with Crippen molar-refractivity contribution < 1.29 is 23.0 Å². The number of anilines is 1. The SMILES string of the molecule is O=C(CN1CCC2(CC1)OCCO2)Nc1cc(F)ccc1F. The minimum atomic E-state index is -0.653. The summed E-state index contributed by atoms with van der Waals surface area (Å²) >= 11 is 0. The van der Waals surface area contributed by atoms with Gasteiger partial charge in [0.1, 0.15) is 11.6 Å². The van der Waals surface area contributed by atoms with Gasteiger partial charge in [-0.3, -0.25) is 9.69 Å². The highest BCUT2D eigenvalue weighted by atomic mass is 19.1. The van der Waals surface area contributed by atoms with Crippen LogP contribution in [0.4, 0.5) is 14.5 Å². The van der Waals surface area contributed by atoms with E-state index in [2.05, 4.69) is 5.32 Å². The second-order valence-corrected chi connectivity index (χ2v) is 5.56. The van der Waals surface area contributed by atoms with Crippen molar-refractivity contribution in [3.8, 4) is 0 Å². The molecule has 1 spiro atoms. The largest absolute Gasteiger partial charge is 0.347 e. The van der Waals surface area contributed by atoms with Gasteiger partial charge in [0.15, 0.2) is 5.79 Å². The number of carbonyl (C=O) groups excluding carboxylic acids is 1. The number of piperidine rings is 1. The molecule has 2 fully saturated rings. The van der Waals surface area contributed by atoms with Crippen molar-refractivity contribution in [3.63, 3.8) is 0 Å². The molecule has 0 aliphatic carbocycles. The van der Waals surface area contributed by atoms with Crippen LogP contribution in [0.15, 0.2) is 18.2 Å². The number of benzene rings is 1. The standard InChI is InChI=1S/C15H18F2N2O3/c16-11-1-2-12(17)13(9-11)18-14(20)10-19-5-3-15(4-6-19)21-7-8-22-15/h1-2,9H,3-8,10H2,(H,18,20). The zero-order valence-corrected chi connectivity index (χ0v) is 12.1. The van der Waals surface area contributed by atoms with Crippen molar-refractivity contribution >= 4 is 11.6 Å². The summed E-state index contributed by atoms with van der Waals surface area (Å²) in [7, 11) is 0. The van der Waals surface area contributed by atoms with E-state index in [1.54, 1.807) is 0 Å². The summed E-state index contributed by atoms with van der Waals surface area (Å²) in [6.07, 6.45) is 1.41. The van der Waals surface area contributed by atoms with E-state index in [1.807, 2.05) is 4.90 Å². The second kappa shape index (κ2) is 6.28. The number of nitrogens with one attached hydrogen (secondary N) is 1. The Labute approximate surface area is 127 Å². The first-order chi connectivity index (χ1) is 10.6. The molecule has 0 bridgehead atoms. The van der Waals surface area contributed by atoms with Crippen LogP contribution in [-0.2, 0) is 14.3 Å². The van der Waals surface area contributed by atoms with Crippen LogP contribution in [-0.4, -0.2) is 49.4 Å². The van der Waals surface area contributed by atoms with Gasteiger partial charge < -0.3 is 14.8 Å². The lowest BCUT2D eigenvalue weighted by Gasteiger charge is -2.37. The fraction of sp³-hybridized carbons (Fsp3) is 0.533. The number of halogens is 2. The van der Waals surface area contributed by atoms with Crippen molar-refractivity contribution in [1.82, 2.24) is 4.90 Å². The second-order valence-electron chi connectivity index (χ2n) is 5.56. The maximum absolute atomic E-state index is 13.5. The zero-order chi connectivity index (χ0) is 15.6. The van der Waals surface area contributed by atoms with Crippen molar-refractivity contribution in [2.24, 2.45) is 0 Å². The summed E-state index contributed by atoms with van der Waals surface area (Å²) < 4.78 is 37.8. The van der Waals surface area contributed by atoms with Crippen LogP contribution in [0.3, 0.4) is 0 Å². The average molecular weight is 312 g/mol. The van der Waals surface area contributed by atoms with Gasteiger partial charge in [-0.1, -0.05) is 0 Å². The third-order valence-electron chi connectivity index (χ3n) is 4.00. The normalized spacial score (nSPS) is 21.2. The molecule has 5 nitrogen and oxygen atoms in total. The molecule has 2 heterocycles. The Morgan fingerprint density at radius 2 is 1.91 bits per heavy atom. The van der Waals surface area contributed by atoms with E-state index in [9.17, 15) is 13.6 Å². The lowest BCUT2D eigenvalue weighted by Crippen LogP contribution is -2.47. The van der Waals surface area contributed by atoms with E-state index in [0.717, 1.165) is 18.2 Å². The highest BCUT2D eigenvalue weighted by Gasteiger charge is 2.39. The van der Waals surface area contributed by atoms with Crippen LogP contribution >= 0.6 is 0 Å². The van der Waals surface area contributed by atoms with E-state index in [-0.39, 0.29) is 18.1 Å². The Morgan fingerprint density at radius 3 is 2.59 bits per heavy atom. The monoisotopic (exact) mass is 312 g/mol. The quantitative estimate of drug-likeness (QED) is 0.924. The number of carbonyl (C=O) groups is 1. The highest BCUT2D eigenvalue weighted by molar-refractivity contribution is 5.92. The van der Waals surface area contributed by atoms with E-state index in [1.165, 1.54) is 0 Å². The van der Waals surface area contributed by atoms with Crippen molar-refractivity contribution in [3.05, 3.63) is 29.8 Å². The van der Waals surface area contributed by atoms with Crippen LogP contribution in [0.2, 0.25) is 0 Å². The molecule has 1 aromatic carbocycles. The first-order valence-electron chi connectivity index (χ1n) is 7.32. The molecular weight excluding hydrogens is 294 g/mol. The molecule has 1 amide bonds. The summed E-state index contributed by atoms with van der Waals surface area (Å²) in [5.74, 6) is -2.09. The van der Waals surface area contributed by atoms with Gasteiger partial charge in [-0.15, -0.1) is 0 Å². The fourth-order valence-electron chi connectivity index (χ4n) is 2.82. The smallest absolute Gasteiger partial charge is 0.238 e. The minimum Gasteiger partial charge on any atom is -0.347 e. The number of ether oxygens (including phenoxy) is 2. The fourth-order valence-corrected chi connectivity index (χ4v) is 2.82. The third-order valence-corrected chi connectivity index (χ3v) is 4.00. The molecule has 0 atom stereocenters. The summed E-state index contributed by atoms with van der Waals surface area (Å²) in [5.41, 5.74) is -0.138. The van der Waals surface area contributed by atoms with Gasteiger partial charge in [-0.2, -0.15) is 0 Å². The van der Waals surface area contributed by atoms with Crippen molar-refractivity contribution in [2.45, 2.75) is 18.6 Å². The predicted molar refractivity (Wildman–Crippen MR) is 75.3 cm³/mol. The van der Waals surface area contributed by atoms with Crippen LogP contribution in [0.25, 0.3) is 0 Å². The van der Waals surface area contributed by atoms with Crippen LogP contribution in [0, 0.1) is 11.6 Å². The first-order valence-corrected chi connectivity index (χ1v) is 7.32. The number of rotatable bonds is 3. The van der Waals surface area contributed by atoms with Crippen molar-refractivity contribution in [1.29, 1.82) is 0 Å². The molecule has 3 rings (SSSR count). The first kappa shape index (κ1) is 15.3.